The number of carbonyl (C=O) groups excluding carboxylic acids is 1. The Balaban J connectivity index is 2.78. The van der Waals surface area contributed by atoms with Gasteiger partial charge in [0.2, 0.25) is 5.91 Å². The standard InChI is InChI=1S/C16H23NO3S/c1-12(2)10-16(4,5)11-15(18)17-21(19,20)14-8-6-13(3)7-9-14/h6-9H,1,10-11H2,2-5H3,(H,17,18). The van der Waals surface area contributed by atoms with Crippen molar-refractivity contribution in [1.29, 1.82) is 0 Å². The molecule has 0 saturated carbocycles. The van der Waals surface area contributed by atoms with E-state index in [1.165, 1.54) is 12.1 Å². The van der Waals surface area contributed by atoms with E-state index in [0.29, 0.717) is 6.42 Å². The van der Waals surface area contributed by atoms with Crippen LogP contribution in [0, 0.1) is 12.3 Å². The Bertz CT molecular complexity index is 628. The molecule has 1 amide bonds. The Labute approximate surface area is 127 Å². The first-order valence-electron chi connectivity index (χ1n) is 6.78. The molecule has 0 aromatic heterocycles. The normalized spacial score (nSPS) is 12.0. The molecule has 0 atom stereocenters. The molecule has 0 fully saturated rings. The minimum atomic E-state index is -3.80. The number of amides is 1. The summed E-state index contributed by atoms with van der Waals surface area (Å²) in [6.07, 6.45) is 0.802. The van der Waals surface area contributed by atoms with Crippen LogP contribution in [0.2, 0.25) is 0 Å². The van der Waals surface area contributed by atoms with Gasteiger partial charge in [-0.15, -0.1) is 6.58 Å². The number of aryl methyl sites for hydroxylation is 1. The van der Waals surface area contributed by atoms with Crippen LogP contribution in [-0.2, 0) is 14.8 Å². The molecule has 0 unspecified atom stereocenters. The van der Waals surface area contributed by atoms with E-state index in [0.717, 1.165) is 11.1 Å². The molecular weight excluding hydrogens is 286 g/mol. The van der Waals surface area contributed by atoms with Crippen LogP contribution in [0.1, 0.15) is 39.2 Å². The zero-order valence-corrected chi connectivity index (χ0v) is 13.9. The average Bonchev–Trinajstić information content (AvgIpc) is 2.25. The van der Waals surface area contributed by atoms with Gasteiger partial charge in [-0.1, -0.05) is 37.1 Å². The Morgan fingerprint density at radius 3 is 2.19 bits per heavy atom. The monoisotopic (exact) mass is 309 g/mol. The number of hydrogen-bond acceptors (Lipinski definition) is 3. The van der Waals surface area contributed by atoms with Crippen LogP contribution < -0.4 is 4.72 Å². The predicted octanol–water partition coefficient (Wildman–Crippen LogP) is 3.18. The van der Waals surface area contributed by atoms with Crippen LogP contribution in [0.4, 0.5) is 0 Å². The number of benzene rings is 1. The molecule has 1 aromatic rings. The molecule has 1 rings (SSSR count). The summed E-state index contributed by atoms with van der Waals surface area (Å²) in [6, 6.07) is 6.38. The highest BCUT2D eigenvalue weighted by Crippen LogP contribution is 2.28. The molecule has 1 N–H and O–H groups in total. The summed E-state index contributed by atoms with van der Waals surface area (Å²) in [6.45, 7) is 11.4. The van der Waals surface area contributed by atoms with E-state index in [9.17, 15) is 13.2 Å². The Hall–Kier alpha value is -1.62. The lowest BCUT2D eigenvalue weighted by molar-refractivity contribution is -0.121. The second-order valence-corrected chi connectivity index (χ2v) is 8.00. The van der Waals surface area contributed by atoms with Crippen molar-refractivity contribution in [1.82, 2.24) is 4.72 Å². The zero-order chi connectivity index (χ0) is 16.3. The van der Waals surface area contributed by atoms with Crippen LogP contribution in [-0.4, -0.2) is 14.3 Å². The van der Waals surface area contributed by atoms with Gasteiger partial charge in [0.1, 0.15) is 0 Å². The first-order chi connectivity index (χ1) is 9.52. The summed E-state index contributed by atoms with van der Waals surface area (Å²) in [7, 11) is -3.80. The zero-order valence-electron chi connectivity index (χ0n) is 13.1. The Kier molecular flexibility index (Phi) is 5.34. The molecule has 5 heteroatoms. The highest BCUT2D eigenvalue weighted by atomic mass is 32.2. The van der Waals surface area contributed by atoms with E-state index in [2.05, 4.69) is 11.3 Å². The first kappa shape index (κ1) is 17.4. The van der Waals surface area contributed by atoms with E-state index >= 15 is 0 Å². The lowest BCUT2D eigenvalue weighted by Gasteiger charge is -2.23. The van der Waals surface area contributed by atoms with Crippen molar-refractivity contribution in [3.63, 3.8) is 0 Å². The molecule has 0 bridgehead atoms. The number of carbonyl (C=O) groups is 1. The number of hydrogen-bond donors (Lipinski definition) is 1. The highest BCUT2D eigenvalue weighted by Gasteiger charge is 2.25. The lowest BCUT2D eigenvalue weighted by Crippen LogP contribution is -2.33. The van der Waals surface area contributed by atoms with E-state index in [1.54, 1.807) is 12.1 Å². The minimum Gasteiger partial charge on any atom is -0.274 e. The van der Waals surface area contributed by atoms with Crippen molar-refractivity contribution in [3.8, 4) is 0 Å². The maximum absolute atomic E-state index is 12.1. The fraction of sp³-hybridized carbons (Fsp3) is 0.438. The van der Waals surface area contributed by atoms with Gasteiger partial charge < -0.3 is 0 Å². The summed E-state index contributed by atoms with van der Waals surface area (Å²) in [5.41, 5.74) is 1.61. The molecule has 0 radical (unpaired) electrons. The fourth-order valence-corrected chi connectivity index (χ4v) is 3.26. The van der Waals surface area contributed by atoms with Gasteiger partial charge in [0.25, 0.3) is 10.0 Å². The third-order valence-corrected chi connectivity index (χ3v) is 4.39. The molecule has 0 aliphatic carbocycles. The minimum absolute atomic E-state index is 0.0964. The fourth-order valence-electron chi connectivity index (χ4n) is 2.28. The van der Waals surface area contributed by atoms with Crippen molar-refractivity contribution >= 4 is 15.9 Å². The maximum atomic E-state index is 12.1. The summed E-state index contributed by atoms with van der Waals surface area (Å²) < 4.78 is 26.3. The van der Waals surface area contributed by atoms with Crippen molar-refractivity contribution in [2.45, 2.75) is 45.4 Å². The quantitative estimate of drug-likeness (QED) is 0.821. The molecule has 0 heterocycles. The van der Waals surface area contributed by atoms with Gasteiger partial charge in [0, 0.05) is 6.42 Å². The van der Waals surface area contributed by atoms with E-state index < -0.39 is 15.9 Å². The number of rotatable bonds is 6. The first-order valence-corrected chi connectivity index (χ1v) is 8.27. The molecule has 0 spiro atoms. The van der Waals surface area contributed by atoms with Crippen LogP contribution in [0.3, 0.4) is 0 Å². The summed E-state index contributed by atoms with van der Waals surface area (Å²) >= 11 is 0. The van der Waals surface area contributed by atoms with Crippen LogP contribution in [0.15, 0.2) is 41.3 Å². The third kappa shape index (κ3) is 5.71. The second kappa shape index (κ2) is 6.43. The molecule has 1 aromatic carbocycles. The number of allylic oxidation sites excluding steroid dienone is 1. The van der Waals surface area contributed by atoms with Gasteiger partial charge in [0.05, 0.1) is 4.90 Å². The molecule has 116 valence electrons. The van der Waals surface area contributed by atoms with Gasteiger partial charge in [0.15, 0.2) is 0 Å². The lowest BCUT2D eigenvalue weighted by atomic mass is 9.83. The van der Waals surface area contributed by atoms with Crippen LogP contribution in [0.25, 0.3) is 0 Å². The van der Waals surface area contributed by atoms with Crippen molar-refractivity contribution in [3.05, 3.63) is 42.0 Å². The number of nitrogens with one attached hydrogen (secondary N) is 1. The SMILES string of the molecule is C=C(C)CC(C)(C)CC(=O)NS(=O)(=O)c1ccc(C)cc1. The van der Waals surface area contributed by atoms with Crippen molar-refractivity contribution in [2.75, 3.05) is 0 Å². The predicted molar refractivity (Wildman–Crippen MR) is 84.3 cm³/mol. The van der Waals surface area contributed by atoms with Crippen molar-refractivity contribution in [2.24, 2.45) is 5.41 Å². The second-order valence-electron chi connectivity index (χ2n) is 6.32. The number of sulfonamides is 1. The smallest absolute Gasteiger partial charge is 0.264 e. The molecule has 0 aliphatic rings. The molecule has 4 nitrogen and oxygen atoms in total. The summed E-state index contributed by atoms with van der Waals surface area (Å²) in [5, 5.41) is 0. The van der Waals surface area contributed by atoms with Crippen LogP contribution in [0.5, 0.6) is 0 Å². The summed E-state index contributed by atoms with van der Waals surface area (Å²) in [5.74, 6) is -0.498. The van der Waals surface area contributed by atoms with E-state index in [4.69, 9.17) is 0 Å². The topological polar surface area (TPSA) is 63.2 Å². The molecular formula is C16H23NO3S. The van der Waals surface area contributed by atoms with E-state index in [1.807, 2.05) is 27.7 Å². The average molecular weight is 309 g/mol. The maximum Gasteiger partial charge on any atom is 0.264 e. The molecule has 0 aliphatic heterocycles. The van der Waals surface area contributed by atoms with Gasteiger partial charge in [-0.05, 0) is 37.8 Å². The van der Waals surface area contributed by atoms with Gasteiger partial charge in [-0.25, -0.2) is 13.1 Å². The Morgan fingerprint density at radius 2 is 1.71 bits per heavy atom. The van der Waals surface area contributed by atoms with E-state index in [-0.39, 0.29) is 16.7 Å². The Morgan fingerprint density at radius 1 is 1.19 bits per heavy atom. The van der Waals surface area contributed by atoms with Gasteiger partial charge >= 0.3 is 0 Å². The molecule has 21 heavy (non-hydrogen) atoms. The van der Waals surface area contributed by atoms with Crippen LogP contribution >= 0.6 is 0 Å². The largest absolute Gasteiger partial charge is 0.274 e. The van der Waals surface area contributed by atoms with Gasteiger partial charge in [-0.3, -0.25) is 4.79 Å². The highest BCUT2D eigenvalue weighted by molar-refractivity contribution is 7.90. The molecule has 0 saturated heterocycles. The summed E-state index contributed by atoms with van der Waals surface area (Å²) in [4.78, 5) is 12.1. The van der Waals surface area contributed by atoms with Crippen molar-refractivity contribution < 1.29 is 13.2 Å². The van der Waals surface area contributed by atoms with Gasteiger partial charge in [-0.2, -0.15) is 0 Å². The third-order valence-electron chi connectivity index (χ3n) is 3.00.